The van der Waals surface area contributed by atoms with Crippen molar-refractivity contribution in [1.29, 1.82) is 0 Å². The van der Waals surface area contributed by atoms with Gasteiger partial charge in [0.1, 0.15) is 0 Å². The molecule has 3 N–H and O–H groups in total. The van der Waals surface area contributed by atoms with Crippen LogP contribution in [0.1, 0.15) is 28.2 Å². The SMILES string of the molecule is CPC(NCc1ccc(N)cc1)c1ccc(CCc2cn(S)nn2)cc1. The number of hydrogen-bond donors (Lipinski definition) is 3. The molecule has 7 heteroatoms. The molecule has 2 atom stereocenters. The Morgan fingerprint density at radius 3 is 2.38 bits per heavy atom. The quantitative estimate of drug-likeness (QED) is 0.316. The van der Waals surface area contributed by atoms with Gasteiger partial charge in [-0.25, -0.2) is 0 Å². The van der Waals surface area contributed by atoms with E-state index in [1.807, 2.05) is 18.3 Å². The highest BCUT2D eigenvalue weighted by molar-refractivity contribution is 7.78. The van der Waals surface area contributed by atoms with Crippen LogP contribution in [-0.4, -0.2) is 21.1 Å². The molecule has 136 valence electrons. The first-order valence-electron chi connectivity index (χ1n) is 8.58. The molecule has 0 bridgehead atoms. The van der Waals surface area contributed by atoms with Gasteiger partial charge in [0.2, 0.25) is 0 Å². The minimum absolute atomic E-state index is 0.366. The molecule has 5 nitrogen and oxygen atoms in total. The molecular formula is C19H24N5PS. The van der Waals surface area contributed by atoms with Crippen molar-refractivity contribution in [2.45, 2.75) is 25.2 Å². The van der Waals surface area contributed by atoms with E-state index in [0.717, 1.165) is 39.3 Å². The van der Waals surface area contributed by atoms with Crippen LogP contribution < -0.4 is 11.1 Å². The highest BCUT2D eigenvalue weighted by atomic mass is 32.1. The van der Waals surface area contributed by atoms with Gasteiger partial charge in [-0.05, 0) is 61.1 Å². The topological polar surface area (TPSA) is 68.8 Å². The lowest BCUT2D eigenvalue weighted by atomic mass is 10.1. The molecule has 1 aromatic heterocycles. The fourth-order valence-corrected chi connectivity index (χ4v) is 3.80. The number of rotatable bonds is 8. The van der Waals surface area contributed by atoms with Gasteiger partial charge in [0.25, 0.3) is 0 Å². The van der Waals surface area contributed by atoms with E-state index in [1.54, 1.807) is 0 Å². The van der Waals surface area contributed by atoms with E-state index in [9.17, 15) is 0 Å². The molecular weight excluding hydrogens is 361 g/mol. The second-order valence-electron chi connectivity index (χ2n) is 6.22. The minimum Gasteiger partial charge on any atom is -0.399 e. The Labute approximate surface area is 161 Å². The Balaban J connectivity index is 1.55. The van der Waals surface area contributed by atoms with E-state index in [-0.39, 0.29) is 0 Å². The normalized spacial score (nSPS) is 12.7. The maximum Gasteiger partial charge on any atom is 0.0841 e. The fraction of sp³-hybridized carbons (Fsp3) is 0.263. The second kappa shape index (κ2) is 9.17. The van der Waals surface area contributed by atoms with Gasteiger partial charge in [-0.2, -0.15) is 4.09 Å². The zero-order valence-corrected chi connectivity index (χ0v) is 16.7. The number of hydrogen-bond acceptors (Lipinski definition) is 5. The molecule has 0 aliphatic rings. The Hall–Kier alpha value is -1.88. The number of aryl methyl sites for hydroxylation is 2. The first kappa shape index (κ1) is 18.9. The number of nitrogens with zero attached hydrogens (tertiary/aromatic N) is 3. The molecule has 2 aromatic carbocycles. The summed E-state index contributed by atoms with van der Waals surface area (Å²) in [6.45, 7) is 3.07. The van der Waals surface area contributed by atoms with Crippen molar-refractivity contribution >= 4 is 27.1 Å². The molecule has 0 radical (unpaired) electrons. The minimum atomic E-state index is 0.366. The van der Waals surface area contributed by atoms with Crippen molar-refractivity contribution < 1.29 is 0 Å². The molecule has 2 unspecified atom stereocenters. The summed E-state index contributed by atoms with van der Waals surface area (Å²) in [5.74, 6) is 0.366. The van der Waals surface area contributed by atoms with E-state index in [4.69, 9.17) is 5.73 Å². The Morgan fingerprint density at radius 2 is 1.77 bits per heavy atom. The van der Waals surface area contributed by atoms with Crippen LogP contribution in [0.25, 0.3) is 0 Å². The lowest BCUT2D eigenvalue weighted by Gasteiger charge is -2.18. The standard InChI is InChI=1S/C19H24N5PS/c1-25-19(21-12-15-4-9-17(20)10-5-15)16-7-2-14(3-8-16)6-11-18-13-24(26)23-22-18/h2-5,7-10,13,19,21,25-26H,6,11-12,20H2,1H3. The van der Waals surface area contributed by atoms with Crippen molar-refractivity contribution in [3.05, 3.63) is 77.1 Å². The van der Waals surface area contributed by atoms with Crippen LogP contribution in [0.2, 0.25) is 0 Å². The highest BCUT2D eigenvalue weighted by Gasteiger charge is 2.09. The van der Waals surface area contributed by atoms with Crippen molar-refractivity contribution in [3.8, 4) is 0 Å². The Kier molecular flexibility index (Phi) is 6.67. The van der Waals surface area contributed by atoms with E-state index in [2.05, 4.69) is 71.5 Å². The number of thiol groups is 1. The molecule has 1 heterocycles. The molecule has 0 aliphatic carbocycles. The molecule has 0 aliphatic heterocycles. The van der Waals surface area contributed by atoms with Crippen LogP contribution >= 0.6 is 21.4 Å². The van der Waals surface area contributed by atoms with Crippen LogP contribution in [0.3, 0.4) is 0 Å². The van der Waals surface area contributed by atoms with E-state index < -0.39 is 0 Å². The molecule has 0 amide bonds. The van der Waals surface area contributed by atoms with Crippen LogP contribution in [-0.2, 0) is 19.4 Å². The summed E-state index contributed by atoms with van der Waals surface area (Å²) in [4.78, 5) is 0. The summed E-state index contributed by atoms with van der Waals surface area (Å²) in [6.07, 6.45) is 3.66. The van der Waals surface area contributed by atoms with Crippen molar-refractivity contribution in [2.75, 3.05) is 12.4 Å². The third kappa shape index (κ3) is 5.31. The lowest BCUT2D eigenvalue weighted by molar-refractivity contribution is 0.674. The number of anilines is 1. The Morgan fingerprint density at radius 1 is 1.08 bits per heavy atom. The van der Waals surface area contributed by atoms with Gasteiger partial charge in [0.05, 0.1) is 11.9 Å². The monoisotopic (exact) mass is 385 g/mol. The molecule has 3 aromatic rings. The molecule has 0 spiro atoms. The third-order valence-electron chi connectivity index (χ3n) is 4.29. The van der Waals surface area contributed by atoms with E-state index in [0.29, 0.717) is 5.78 Å². The molecule has 3 rings (SSSR count). The average molecular weight is 385 g/mol. The van der Waals surface area contributed by atoms with Crippen molar-refractivity contribution in [2.24, 2.45) is 0 Å². The molecule has 26 heavy (non-hydrogen) atoms. The zero-order valence-electron chi connectivity index (χ0n) is 14.8. The zero-order chi connectivity index (χ0) is 18.4. The van der Waals surface area contributed by atoms with Gasteiger partial charge < -0.3 is 11.1 Å². The highest BCUT2D eigenvalue weighted by Crippen LogP contribution is 2.29. The predicted molar refractivity (Wildman–Crippen MR) is 113 cm³/mol. The second-order valence-corrected chi connectivity index (χ2v) is 7.78. The third-order valence-corrected chi connectivity index (χ3v) is 5.60. The summed E-state index contributed by atoms with van der Waals surface area (Å²) in [5, 5.41) is 11.6. The molecule has 0 fully saturated rings. The smallest absolute Gasteiger partial charge is 0.0841 e. The van der Waals surface area contributed by atoms with Crippen LogP contribution in [0, 0.1) is 0 Å². The number of nitrogen functional groups attached to an aromatic ring is 1. The van der Waals surface area contributed by atoms with E-state index >= 15 is 0 Å². The van der Waals surface area contributed by atoms with Gasteiger partial charge in [-0.1, -0.05) is 41.6 Å². The summed E-state index contributed by atoms with van der Waals surface area (Å²) >= 11 is 4.11. The number of nitrogens with two attached hydrogens (primary N) is 1. The van der Waals surface area contributed by atoms with Gasteiger partial charge in [-0.3, -0.25) is 0 Å². The van der Waals surface area contributed by atoms with Crippen LogP contribution in [0.5, 0.6) is 0 Å². The lowest BCUT2D eigenvalue weighted by Crippen LogP contribution is -2.17. The molecule has 0 saturated carbocycles. The van der Waals surface area contributed by atoms with Gasteiger partial charge >= 0.3 is 0 Å². The van der Waals surface area contributed by atoms with Crippen LogP contribution in [0.15, 0.2) is 54.7 Å². The predicted octanol–water partition coefficient (Wildman–Crippen LogP) is 3.44. The van der Waals surface area contributed by atoms with Crippen LogP contribution in [0.4, 0.5) is 5.69 Å². The number of benzene rings is 2. The summed E-state index contributed by atoms with van der Waals surface area (Å²) in [7, 11) is 0.788. The first-order valence-corrected chi connectivity index (χ1v) is 10.6. The van der Waals surface area contributed by atoms with Crippen molar-refractivity contribution in [1.82, 2.24) is 19.7 Å². The Bertz CT molecular complexity index is 817. The molecule has 0 saturated heterocycles. The van der Waals surface area contributed by atoms with Gasteiger partial charge in [0.15, 0.2) is 0 Å². The maximum absolute atomic E-state index is 5.75. The van der Waals surface area contributed by atoms with Gasteiger partial charge in [0, 0.05) is 18.0 Å². The summed E-state index contributed by atoms with van der Waals surface area (Å²) in [5.41, 5.74) is 11.4. The largest absolute Gasteiger partial charge is 0.399 e. The summed E-state index contributed by atoms with van der Waals surface area (Å²) in [6, 6.07) is 16.9. The number of aromatic nitrogens is 3. The number of nitrogens with one attached hydrogen (secondary N) is 1. The van der Waals surface area contributed by atoms with Crippen molar-refractivity contribution in [3.63, 3.8) is 0 Å². The average Bonchev–Trinajstić information content (AvgIpc) is 3.08. The maximum atomic E-state index is 5.75. The van der Waals surface area contributed by atoms with E-state index in [1.165, 1.54) is 20.8 Å². The fourth-order valence-electron chi connectivity index (χ4n) is 2.79. The first-order chi connectivity index (χ1) is 12.6. The van der Waals surface area contributed by atoms with Gasteiger partial charge in [-0.15, -0.1) is 13.7 Å². The summed E-state index contributed by atoms with van der Waals surface area (Å²) < 4.78 is 1.44.